The Morgan fingerprint density at radius 3 is 2.84 bits per heavy atom. The minimum absolute atomic E-state index is 0.184. The molecule has 1 amide bonds. The molecule has 0 aliphatic carbocycles. The monoisotopic (exact) mass is 282 g/mol. The van der Waals surface area contributed by atoms with Crippen LogP contribution in [-0.4, -0.2) is 53.9 Å². The first-order valence-electron chi connectivity index (χ1n) is 6.48. The van der Waals surface area contributed by atoms with Crippen LogP contribution in [0.5, 0.6) is 0 Å². The van der Waals surface area contributed by atoms with Crippen LogP contribution < -0.4 is 5.73 Å². The number of halogens is 1. The first-order valence-corrected chi connectivity index (χ1v) is 6.85. The second kappa shape index (κ2) is 6.21. The largest absolute Gasteiger partial charge is 0.384 e. The SMILES string of the molecule is CN(CCN1CCCC1)C(=O)c1nc(N)ccc1Cl. The third-order valence-electron chi connectivity index (χ3n) is 3.37. The molecule has 1 aliphatic rings. The molecule has 1 aromatic rings. The molecule has 2 rings (SSSR count). The van der Waals surface area contributed by atoms with Crippen molar-refractivity contribution in [3.63, 3.8) is 0 Å². The minimum atomic E-state index is -0.184. The number of aromatic nitrogens is 1. The van der Waals surface area contributed by atoms with Crippen LogP contribution in [0.1, 0.15) is 23.3 Å². The molecular weight excluding hydrogens is 264 g/mol. The fourth-order valence-corrected chi connectivity index (χ4v) is 2.37. The molecule has 6 heteroatoms. The summed E-state index contributed by atoms with van der Waals surface area (Å²) in [5.74, 6) is 0.122. The molecule has 1 aromatic heterocycles. The summed E-state index contributed by atoms with van der Waals surface area (Å²) in [5.41, 5.74) is 5.82. The lowest BCUT2D eigenvalue weighted by atomic mass is 10.3. The molecule has 104 valence electrons. The van der Waals surface area contributed by atoms with E-state index in [0.717, 1.165) is 19.6 Å². The Labute approximate surface area is 118 Å². The molecule has 1 aliphatic heterocycles. The number of likely N-dealkylation sites (tertiary alicyclic amines) is 1. The van der Waals surface area contributed by atoms with E-state index in [-0.39, 0.29) is 11.6 Å². The van der Waals surface area contributed by atoms with Crippen molar-refractivity contribution in [3.8, 4) is 0 Å². The van der Waals surface area contributed by atoms with E-state index in [9.17, 15) is 4.79 Å². The van der Waals surface area contributed by atoms with Gasteiger partial charge in [0.2, 0.25) is 0 Å². The third kappa shape index (κ3) is 3.58. The van der Waals surface area contributed by atoms with Crippen LogP contribution >= 0.6 is 11.6 Å². The Morgan fingerprint density at radius 2 is 2.16 bits per heavy atom. The fourth-order valence-electron chi connectivity index (χ4n) is 2.19. The van der Waals surface area contributed by atoms with Crippen molar-refractivity contribution in [1.82, 2.24) is 14.8 Å². The summed E-state index contributed by atoms with van der Waals surface area (Å²) >= 11 is 5.99. The van der Waals surface area contributed by atoms with Gasteiger partial charge in [0.05, 0.1) is 5.02 Å². The number of hydrogen-bond acceptors (Lipinski definition) is 4. The number of carbonyl (C=O) groups is 1. The number of amides is 1. The number of nitrogens with zero attached hydrogens (tertiary/aromatic N) is 3. The van der Waals surface area contributed by atoms with Gasteiger partial charge in [-0.05, 0) is 38.1 Å². The zero-order valence-electron chi connectivity index (χ0n) is 11.1. The van der Waals surface area contributed by atoms with E-state index < -0.39 is 0 Å². The summed E-state index contributed by atoms with van der Waals surface area (Å²) in [7, 11) is 1.76. The molecule has 0 saturated carbocycles. The summed E-state index contributed by atoms with van der Waals surface area (Å²) in [6.07, 6.45) is 2.50. The number of likely N-dealkylation sites (N-methyl/N-ethyl adjacent to an activating group) is 1. The molecule has 1 saturated heterocycles. The van der Waals surface area contributed by atoms with Gasteiger partial charge in [-0.1, -0.05) is 11.6 Å². The number of carbonyl (C=O) groups excluding carboxylic acids is 1. The van der Waals surface area contributed by atoms with Crippen LogP contribution in [0, 0.1) is 0 Å². The van der Waals surface area contributed by atoms with E-state index in [1.54, 1.807) is 24.1 Å². The van der Waals surface area contributed by atoms with E-state index in [1.807, 2.05) is 0 Å². The highest BCUT2D eigenvalue weighted by atomic mass is 35.5. The van der Waals surface area contributed by atoms with E-state index in [4.69, 9.17) is 17.3 Å². The highest BCUT2D eigenvalue weighted by molar-refractivity contribution is 6.33. The standard InChI is InChI=1S/C13H19ClN4O/c1-17(8-9-18-6-2-3-7-18)13(19)12-10(14)4-5-11(15)16-12/h4-5H,2-3,6-9H2,1H3,(H2,15,16). The second-order valence-electron chi connectivity index (χ2n) is 4.84. The molecule has 0 radical (unpaired) electrons. The Balaban J connectivity index is 1.95. The molecule has 0 unspecified atom stereocenters. The van der Waals surface area contributed by atoms with Gasteiger partial charge < -0.3 is 15.5 Å². The lowest BCUT2D eigenvalue weighted by Crippen LogP contribution is -2.35. The second-order valence-corrected chi connectivity index (χ2v) is 5.25. The number of anilines is 1. The zero-order valence-corrected chi connectivity index (χ0v) is 11.9. The Morgan fingerprint density at radius 1 is 1.47 bits per heavy atom. The smallest absolute Gasteiger partial charge is 0.273 e. The van der Waals surface area contributed by atoms with E-state index >= 15 is 0 Å². The quantitative estimate of drug-likeness (QED) is 0.909. The van der Waals surface area contributed by atoms with Gasteiger partial charge in [0.1, 0.15) is 11.5 Å². The van der Waals surface area contributed by atoms with Gasteiger partial charge in [0, 0.05) is 20.1 Å². The lowest BCUT2D eigenvalue weighted by Gasteiger charge is -2.21. The average Bonchev–Trinajstić information content (AvgIpc) is 2.91. The van der Waals surface area contributed by atoms with Crippen molar-refractivity contribution in [3.05, 3.63) is 22.8 Å². The summed E-state index contributed by atoms with van der Waals surface area (Å²) < 4.78 is 0. The van der Waals surface area contributed by atoms with Crippen LogP contribution in [-0.2, 0) is 0 Å². The zero-order chi connectivity index (χ0) is 13.8. The molecule has 5 nitrogen and oxygen atoms in total. The maximum absolute atomic E-state index is 12.2. The van der Waals surface area contributed by atoms with Gasteiger partial charge >= 0.3 is 0 Å². The Hall–Kier alpha value is -1.33. The van der Waals surface area contributed by atoms with Gasteiger partial charge in [0.25, 0.3) is 5.91 Å². The highest BCUT2D eigenvalue weighted by Gasteiger charge is 2.18. The van der Waals surface area contributed by atoms with Crippen LogP contribution in [0.4, 0.5) is 5.82 Å². The van der Waals surface area contributed by atoms with Crippen LogP contribution in [0.25, 0.3) is 0 Å². The first kappa shape index (κ1) is 14.1. The predicted octanol–water partition coefficient (Wildman–Crippen LogP) is 1.48. The summed E-state index contributed by atoms with van der Waals surface area (Å²) in [4.78, 5) is 20.2. The maximum atomic E-state index is 12.2. The van der Waals surface area contributed by atoms with Gasteiger partial charge in [-0.25, -0.2) is 4.98 Å². The van der Waals surface area contributed by atoms with Gasteiger partial charge in [-0.3, -0.25) is 4.79 Å². The number of rotatable bonds is 4. The lowest BCUT2D eigenvalue weighted by molar-refractivity contribution is 0.0777. The fraction of sp³-hybridized carbons (Fsp3) is 0.538. The first-order chi connectivity index (χ1) is 9.08. The number of hydrogen-bond donors (Lipinski definition) is 1. The Bertz CT molecular complexity index is 460. The van der Waals surface area contributed by atoms with Crippen molar-refractivity contribution >= 4 is 23.3 Å². The molecule has 1 fully saturated rings. The van der Waals surface area contributed by atoms with Gasteiger partial charge in [0.15, 0.2) is 0 Å². The highest BCUT2D eigenvalue weighted by Crippen LogP contribution is 2.17. The van der Waals surface area contributed by atoms with Gasteiger partial charge in [-0.2, -0.15) is 0 Å². The molecule has 0 aromatic carbocycles. The maximum Gasteiger partial charge on any atom is 0.273 e. The van der Waals surface area contributed by atoms with Crippen molar-refractivity contribution in [2.45, 2.75) is 12.8 Å². The van der Waals surface area contributed by atoms with Crippen LogP contribution in [0.15, 0.2) is 12.1 Å². The van der Waals surface area contributed by atoms with Crippen molar-refractivity contribution < 1.29 is 4.79 Å². The topological polar surface area (TPSA) is 62.5 Å². The van der Waals surface area contributed by atoms with Crippen LogP contribution in [0.3, 0.4) is 0 Å². The third-order valence-corrected chi connectivity index (χ3v) is 3.67. The Kier molecular flexibility index (Phi) is 4.61. The van der Waals surface area contributed by atoms with E-state index in [0.29, 0.717) is 17.4 Å². The van der Waals surface area contributed by atoms with E-state index in [1.165, 1.54) is 12.8 Å². The molecule has 0 atom stereocenters. The molecule has 2 N–H and O–H groups in total. The summed E-state index contributed by atoms with van der Waals surface area (Å²) in [6, 6.07) is 3.19. The van der Waals surface area contributed by atoms with Gasteiger partial charge in [-0.15, -0.1) is 0 Å². The molecule has 19 heavy (non-hydrogen) atoms. The summed E-state index contributed by atoms with van der Waals surface area (Å²) in [6.45, 7) is 3.81. The predicted molar refractivity (Wildman–Crippen MR) is 76.3 cm³/mol. The number of nitrogens with two attached hydrogens (primary N) is 1. The van der Waals surface area contributed by atoms with E-state index in [2.05, 4.69) is 9.88 Å². The van der Waals surface area contributed by atoms with Crippen molar-refractivity contribution in [1.29, 1.82) is 0 Å². The normalized spacial score (nSPS) is 15.7. The van der Waals surface area contributed by atoms with Crippen molar-refractivity contribution in [2.75, 3.05) is 39.0 Å². The van der Waals surface area contributed by atoms with Crippen molar-refractivity contribution in [2.24, 2.45) is 0 Å². The minimum Gasteiger partial charge on any atom is -0.384 e. The van der Waals surface area contributed by atoms with Crippen LogP contribution in [0.2, 0.25) is 5.02 Å². The molecular formula is C13H19ClN4O. The molecule has 2 heterocycles. The average molecular weight is 283 g/mol. The number of pyridine rings is 1. The number of nitrogen functional groups attached to an aromatic ring is 1. The molecule has 0 bridgehead atoms. The molecule has 0 spiro atoms. The summed E-state index contributed by atoms with van der Waals surface area (Å²) in [5, 5.41) is 0.340.